The van der Waals surface area contributed by atoms with E-state index in [0.717, 1.165) is 0 Å². The maximum atomic E-state index is 11.5. The fourth-order valence-corrected chi connectivity index (χ4v) is 1.37. The zero-order chi connectivity index (χ0) is 13.0. The van der Waals surface area contributed by atoms with E-state index in [4.69, 9.17) is 15.3 Å². The summed E-state index contributed by atoms with van der Waals surface area (Å²) in [7, 11) is 0. The van der Waals surface area contributed by atoms with Crippen LogP contribution >= 0.6 is 15.9 Å². The van der Waals surface area contributed by atoms with Crippen molar-refractivity contribution in [1.29, 1.82) is 0 Å². The lowest BCUT2D eigenvalue weighted by molar-refractivity contribution is -0.140. The first kappa shape index (κ1) is 13.2. The zero-order valence-corrected chi connectivity index (χ0v) is 10.1. The van der Waals surface area contributed by atoms with E-state index in [-0.39, 0.29) is 5.76 Å². The number of hydrogen-bond acceptors (Lipinski definition) is 4. The molecule has 0 saturated heterocycles. The van der Waals surface area contributed by atoms with E-state index < -0.39 is 30.2 Å². The molecule has 0 radical (unpaired) electrons. The summed E-state index contributed by atoms with van der Waals surface area (Å²) in [5.74, 6) is -2.96. The van der Waals surface area contributed by atoms with E-state index in [1.54, 1.807) is 0 Å². The van der Waals surface area contributed by atoms with Crippen molar-refractivity contribution in [3.05, 3.63) is 22.6 Å². The van der Waals surface area contributed by atoms with Gasteiger partial charge in [0.15, 0.2) is 10.4 Å². The average Bonchev–Trinajstić information content (AvgIpc) is 2.63. The Balaban J connectivity index is 2.70. The molecule has 17 heavy (non-hydrogen) atoms. The number of furan rings is 1. The van der Waals surface area contributed by atoms with Gasteiger partial charge in [0.1, 0.15) is 6.04 Å². The van der Waals surface area contributed by atoms with Crippen LogP contribution in [0.3, 0.4) is 0 Å². The Kier molecular flexibility index (Phi) is 4.27. The van der Waals surface area contributed by atoms with Crippen LogP contribution in [-0.4, -0.2) is 28.9 Å². The van der Waals surface area contributed by atoms with Crippen molar-refractivity contribution < 1.29 is 23.9 Å². The summed E-state index contributed by atoms with van der Waals surface area (Å²) in [5, 5.41) is 10.9. The third-order valence-corrected chi connectivity index (χ3v) is 2.23. The van der Waals surface area contributed by atoms with E-state index in [9.17, 15) is 14.4 Å². The number of rotatable bonds is 5. The standard InChI is InChI=1S/C9H9BrN2O5/c10-6-2-1-5(17-6)8(14)12-4(9(15)16)3-7(11)13/h1-2,4H,3H2,(H2,11,13)(H,12,14)(H,15,16)/t4-/m0/s1. The van der Waals surface area contributed by atoms with Gasteiger partial charge in [0.2, 0.25) is 5.91 Å². The summed E-state index contributed by atoms with van der Waals surface area (Å²) in [6.07, 6.45) is -0.483. The second-order valence-corrected chi connectivity index (χ2v) is 3.92. The van der Waals surface area contributed by atoms with Gasteiger partial charge in [0.05, 0.1) is 6.42 Å². The molecule has 1 atom stereocenters. The van der Waals surface area contributed by atoms with E-state index in [1.807, 2.05) is 0 Å². The fraction of sp³-hybridized carbons (Fsp3) is 0.222. The van der Waals surface area contributed by atoms with Gasteiger partial charge in [-0.3, -0.25) is 9.59 Å². The van der Waals surface area contributed by atoms with Crippen molar-refractivity contribution in [3.8, 4) is 0 Å². The first-order valence-electron chi connectivity index (χ1n) is 4.47. The zero-order valence-electron chi connectivity index (χ0n) is 8.47. The normalized spacial score (nSPS) is 11.8. The molecule has 7 nitrogen and oxygen atoms in total. The summed E-state index contributed by atoms with van der Waals surface area (Å²) in [6.45, 7) is 0. The van der Waals surface area contributed by atoms with Gasteiger partial charge in [0.25, 0.3) is 5.91 Å². The molecular formula is C9H9BrN2O5. The molecule has 1 aromatic rings. The van der Waals surface area contributed by atoms with Gasteiger partial charge in [-0.05, 0) is 28.1 Å². The van der Waals surface area contributed by atoms with Crippen molar-refractivity contribution in [3.63, 3.8) is 0 Å². The number of nitrogens with one attached hydrogen (secondary N) is 1. The largest absolute Gasteiger partial charge is 0.480 e. The lowest BCUT2D eigenvalue weighted by atomic mass is 10.2. The van der Waals surface area contributed by atoms with Crippen molar-refractivity contribution in [2.75, 3.05) is 0 Å². The minimum atomic E-state index is -1.37. The first-order chi connectivity index (χ1) is 7.90. The molecule has 0 unspecified atom stereocenters. The quantitative estimate of drug-likeness (QED) is 0.712. The first-order valence-corrected chi connectivity index (χ1v) is 5.26. The maximum absolute atomic E-state index is 11.5. The van der Waals surface area contributed by atoms with Crippen molar-refractivity contribution in [2.24, 2.45) is 5.73 Å². The number of carbonyl (C=O) groups excluding carboxylic acids is 2. The summed E-state index contributed by atoms with van der Waals surface area (Å²) in [4.78, 5) is 32.9. The summed E-state index contributed by atoms with van der Waals surface area (Å²) in [5.41, 5.74) is 4.87. The topological polar surface area (TPSA) is 123 Å². The molecule has 0 spiro atoms. The van der Waals surface area contributed by atoms with Crippen LogP contribution < -0.4 is 11.1 Å². The number of carbonyl (C=O) groups is 3. The van der Waals surface area contributed by atoms with Crippen LogP contribution in [0.4, 0.5) is 0 Å². The van der Waals surface area contributed by atoms with Gasteiger partial charge < -0.3 is 20.6 Å². The van der Waals surface area contributed by atoms with Crippen LogP contribution in [0.5, 0.6) is 0 Å². The van der Waals surface area contributed by atoms with Crippen LogP contribution in [0.1, 0.15) is 17.0 Å². The van der Waals surface area contributed by atoms with Gasteiger partial charge in [-0.25, -0.2) is 4.79 Å². The molecule has 0 aliphatic heterocycles. The highest BCUT2D eigenvalue weighted by Crippen LogP contribution is 2.14. The van der Waals surface area contributed by atoms with Crippen LogP contribution in [0.15, 0.2) is 21.2 Å². The number of aliphatic carboxylic acids is 1. The Morgan fingerprint density at radius 2 is 2.12 bits per heavy atom. The predicted molar refractivity (Wildman–Crippen MR) is 59.1 cm³/mol. The Hall–Kier alpha value is -1.83. The van der Waals surface area contributed by atoms with Crippen LogP contribution in [0.2, 0.25) is 0 Å². The molecule has 8 heteroatoms. The second kappa shape index (κ2) is 5.48. The summed E-state index contributed by atoms with van der Waals surface area (Å²) < 4.78 is 5.26. The second-order valence-electron chi connectivity index (χ2n) is 3.14. The van der Waals surface area contributed by atoms with Crippen LogP contribution in [0, 0.1) is 0 Å². The van der Waals surface area contributed by atoms with Gasteiger partial charge in [-0.15, -0.1) is 0 Å². The molecule has 0 fully saturated rings. The molecule has 92 valence electrons. The average molecular weight is 305 g/mol. The Labute approximate surface area is 104 Å². The van der Waals surface area contributed by atoms with Gasteiger partial charge in [-0.1, -0.05) is 0 Å². The third-order valence-electron chi connectivity index (χ3n) is 1.81. The minimum Gasteiger partial charge on any atom is -0.480 e. The molecule has 1 aromatic heterocycles. The SMILES string of the molecule is NC(=O)C[C@H](NC(=O)c1ccc(Br)o1)C(=O)O. The number of halogens is 1. The molecule has 0 saturated carbocycles. The minimum absolute atomic E-state index is 0.0624. The van der Waals surface area contributed by atoms with Gasteiger partial charge in [-0.2, -0.15) is 0 Å². The van der Waals surface area contributed by atoms with E-state index in [1.165, 1.54) is 12.1 Å². The molecule has 1 heterocycles. The number of amides is 2. The molecule has 2 amide bonds. The van der Waals surface area contributed by atoms with Crippen molar-refractivity contribution in [2.45, 2.75) is 12.5 Å². The predicted octanol–water partition coefficient (Wildman–Crippen LogP) is 0.100. The fourth-order valence-electron chi connectivity index (χ4n) is 1.07. The van der Waals surface area contributed by atoms with Crippen molar-refractivity contribution >= 4 is 33.7 Å². The number of hydrogen-bond donors (Lipinski definition) is 3. The molecule has 0 aliphatic rings. The Bertz CT molecular complexity index is 456. The summed E-state index contributed by atoms with van der Waals surface area (Å²) >= 11 is 3.00. The highest BCUT2D eigenvalue weighted by atomic mass is 79.9. The lowest BCUT2D eigenvalue weighted by Crippen LogP contribution is -2.43. The monoisotopic (exact) mass is 304 g/mol. The van der Waals surface area contributed by atoms with E-state index in [2.05, 4.69) is 21.2 Å². The highest BCUT2D eigenvalue weighted by molar-refractivity contribution is 9.10. The smallest absolute Gasteiger partial charge is 0.326 e. The molecule has 0 aromatic carbocycles. The number of primary amides is 1. The lowest BCUT2D eigenvalue weighted by Gasteiger charge is -2.11. The highest BCUT2D eigenvalue weighted by Gasteiger charge is 2.23. The van der Waals surface area contributed by atoms with Crippen molar-refractivity contribution in [1.82, 2.24) is 5.32 Å². The summed E-state index contributed by atoms with van der Waals surface area (Å²) in [6, 6.07) is 1.48. The van der Waals surface area contributed by atoms with Crippen LogP contribution in [-0.2, 0) is 9.59 Å². The molecule has 4 N–H and O–H groups in total. The third kappa shape index (κ3) is 3.91. The number of nitrogens with two attached hydrogens (primary N) is 1. The molecule has 0 aliphatic carbocycles. The number of carboxylic acid groups (broad SMARTS) is 1. The van der Waals surface area contributed by atoms with Crippen LogP contribution in [0.25, 0.3) is 0 Å². The molecular weight excluding hydrogens is 296 g/mol. The molecule has 1 rings (SSSR count). The van der Waals surface area contributed by atoms with E-state index >= 15 is 0 Å². The number of carboxylic acids is 1. The van der Waals surface area contributed by atoms with Gasteiger partial charge >= 0.3 is 5.97 Å². The Morgan fingerprint density at radius 1 is 1.47 bits per heavy atom. The van der Waals surface area contributed by atoms with Gasteiger partial charge in [0, 0.05) is 0 Å². The Morgan fingerprint density at radius 3 is 2.53 bits per heavy atom. The van der Waals surface area contributed by atoms with E-state index in [0.29, 0.717) is 4.67 Å². The molecule has 0 bridgehead atoms. The maximum Gasteiger partial charge on any atom is 0.326 e.